The largest absolute Gasteiger partial charge is 0.192 e. The predicted octanol–water partition coefficient (Wildman–Crippen LogP) is 6.47. The lowest BCUT2D eigenvalue weighted by Crippen LogP contribution is -2.13. The molecule has 0 N–H and O–H groups in total. The van der Waals surface area contributed by atoms with E-state index in [-0.39, 0.29) is 0 Å². The third-order valence-electron chi connectivity index (χ3n) is 5.36. The minimum absolute atomic E-state index is 0.712. The first kappa shape index (κ1) is 16.5. The quantitative estimate of drug-likeness (QED) is 0.580. The van der Waals surface area contributed by atoms with Gasteiger partial charge in [0.25, 0.3) is 0 Å². The van der Waals surface area contributed by atoms with E-state index in [0.29, 0.717) is 5.56 Å². The minimum atomic E-state index is 0.712. The molecule has 24 heavy (non-hydrogen) atoms. The highest BCUT2D eigenvalue weighted by Crippen LogP contribution is 2.38. The molecule has 3 rings (SSSR count). The molecule has 1 saturated carbocycles. The van der Waals surface area contributed by atoms with Gasteiger partial charge in [-0.25, -0.2) is 0 Å². The normalized spacial score (nSPS) is 20.3. The number of hydrogen-bond acceptors (Lipinski definition) is 1. The summed E-state index contributed by atoms with van der Waals surface area (Å²) in [6.07, 6.45) is 9.87. The van der Waals surface area contributed by atoms with E-state index in [1.807, 2.05) is 30.3 Å². The zero-order valence-corrected chi connectivity index (χ0v) is 14.2. The Morgan fingerprint density at radius 2 is 1.50 bits per heavy atom. The lowest BCUT2D eigenvalue weighted by molar-refractivity contribution is 0.312. The molecule has 2 aromatic carbocycles. The van der Waals surface area contributed by atoms with Crippen LogP contribution in [0.25, 0.3) is 11.1 Å². The Balaban J connectivity index is 1.62. The number of allylic oxidation sites excluding steroid dienone is 1. The SMILES string of the molecule is C=CCCC1CCC(c2ccc(-c3ccc(C#N)cc3)cc2)CC1. The molecule has 0 heterocycles. The molecule has 122 valence electrons. The Kier molecular flexibility index (Phi) is 5.49. The van der Waals surface area contributed by atoms with Crippen molar-refractivity contribution in [3.63, 3.8) is 0 Å². The van der Waals surface area contributed by atoms with Crippen molar-refractivity contribution in [1.29, 1.82) is 5.26 Å². The molecule has 1 nitrogen and oxygen atoms in total. The van der Waals surface area contributed by atoms with Crippen LogP contribution in [0, 0.1) is 17.2 Å². The van der Waals surface area contributed by atoms with Crippen molar-refractivity contribution >= 4 is 0 Å². The Morgan fingerprint density at radius 3 is 2.04 bits per heavy atom. The molecule has 2 aromatic rings. The first-order valence-corrected chi connectivity index (χ1v) is 9.01. The van der Waals surface area contributed by atoms with E-state index < -0.39 is 0 Å². The van der Waals surface area contributed by atoms with Gasteiger partial charge in [-0.3, -0.25) is 0 Å². The zero-order valence-electron chi connectivity index (χ0n) is 14.2. The van der Waals surface area contributed by atoms with Gasteiger partial charge in [-0.1, -0.05) is 42.5 Å². The van der Waals surface area contributed by atoms with Crippen molar-refractivity contribution in [2.45, 2.75) is 44.4 Å². The summed E-state index contributed by atoms with van der Waals surface area (Å²) in [6.45, 7) is 3.83. The molecule has 0 unspecified atom stereocenters. The molecular formula is C23H25N. The van der Waals surface area contributed by atoms with Crippen LogP contribution >= 0.6 is 0 Å². The highest BCUT2D eigenvalue weighted by Gasteiger charge is 2.21. The second kappa shape index (κ2) is 7.97. The van der Waals surface area contributed by atoms with Crippen LogP contribution in [0.2, 0.25) is 0 Å². The fraction of sp³-hybridized carbons (Fsp3) is 0.348. The van der Waals surface area contributed by atoms with Gasteiger partial charge >= 0.3 is 0 Å². The summed E-state index contributed by atoms with van der Waals surface area (Å²) < 4.78 is 0. The minimum Gasteiger partial charge on any atom is -0.192 e. The molecular weight excluding hydrogens is 290 g/mol. The average molecular weight is 315 g/mol. The monoisotopic (exact) mass is 315 g/mol. The molecule has 0 amide bonds. The zero-order chi connectivity index (χ0) is 16.8. The maximum atomic E-state index is 8.89. The number of rotatable bonds is 5. The summed E-state index contributed by atoms with van der Waals surface area (Å²) in [5.74, 6) is 1.62. The van der Waals surface area contributed by atoms with Gasteiger partial charge in [0, 0.05) is 0 Å². The summed E-state index contributed by atoms with van der Waals surface area (Å²) in [7, 11) is 0. The molecule has 0 aliphatic heterocycles. The highest BCUT2D eigenvalue weighted by atomic mass is 14.3. The molecule has 0 radical (unpaired) electrons. The molecule has 0 atom stereocenters. The number of hydrogen-bond donors (Lipinski definition) is 0. The van der Waals surface area contributed by atoms with Crippen LogP contribution in [0.4, 0.5) is 0 Å². The summed E-state index contributed by atoms with van der Waals surface area (Å²) in [6, 6.07) is 19.0. The third-order valence-corrected chi connectivity index (χ3v) is 5.36. The fourth-order valence-electron chi connectivity index (χ4n) is 3.82. The van der Waals surface area contributed by atoms with Gasteiger partial charge in [-0.15, -0.1) is 6.58 Å². The van der Waals surface area contributed by atoms with Gasteiger partial charge < -0.3 is 0 Å². The van der Waals surface area contributed by atoms with Gasteiger partial charge in [-0.05, 0) is 79.2 Å². The maximum Gasteiger partial charge on any atom is 0.0991 e. The molecule has 0 bridgehead atoms. The molecule has 0 aromatic heterocycles. The van der Waals surface area contributed by atoms with Gasteiger partial charge in [0.2, 0.25) is 0 Å². The van der Waals surface area contributed by atoms with E-state index in [2.05, 4.69) is 36.9 Å². The Hall–Kier alpha value is -2.33. The summed E-state index contributed by atoms with van der Waals surface area (Å²) in [5.41, 5.74) is 4.59. The van der Waals surface area contributed by atoms with Crippen molar-refractivity contribution in [1.82, 2.24) is 0 Å². The topological polar surface area (TPSA) is 23.8 Å². The Morgan fingerprint density at radius 1 is 0.917 bits per heavy atom. The first-order chi connectivity index (χ1) is 11.8. The van der Waals surface area contributed by atoms with Crippen molar-refractivity contribution in [2.24, 2.45) is 5.92 Å². The summed E-state index contributed by atoms with van der Waals surface area (Å²) >= 11 is 0. The van der Waals surface area contributed by atoms with Crippen LogP contribution in [-0.4, -0.2) is 0 Å². The van der Waals surface area contributed by atoms with Gasteiger partial charge in [0.05, 0.1) is 11.6 Å². The second-order valence-electron chi connectivity index (χ2n) is 6.89. The molecule has 1 heteroatoms. The number of benzene rings is 2. The average Bonchev–Trinajstić information content (AvgIpc) is 2.67. The lowest BCUT2D eigenvalue weighted by Gasteiger charge is -2.28. The lowest BCUT2D eigenvalue weighted by atomic mass is 9.77. The highest BCUT2D eigenvalue weighted by molar-refractivity contribution is 5.64. The molecule has 0 saturated heterocycles. The van der Waals surface area contributed by atoms with Crippen LogP contribution < -0.4 is 0 Å². The summed E-state index contributed by atoms with van der Waals surface area (Å²) in [5, 5.41) is 8.89. The standard InChI is InChI=1S/C23H25N/c1-2-3-4-18-5-9-20(10-6-18)22-13-15-23(16-14-22)21-11-7-19(17-24)8-12-21/h2,7-8,11-16,18,20H,1,3-6,9-10H2. The van der Waals surface area contributed by atoms with Gasteiger partial charge in [-0.2, -0.15) is 5.26 Å². The van der Waals surface area contributed by atoms with Crippen LogP contribution in [0.3, 0.4) is 0 Å². The van der Waals surface area contributed by atoms with Gasteiger partial charge in [0.1, 0.15) is 0 Å². The van der Waals surface area contributed by atoms with Crippen LogP contribution in [0.15, 0.2) is 61.2 Å². The van der Waals surface area contributed by atoms with E-state index >= 15 is 0 Å². The van der Waals surface area contributed by atoms with E-state index in [1.54, 1.807) is 0 Å². The second-order valence-corrected chi connectivity index (χ2v) is 6.89. The van der Waals surface area contributed by atoms with Crippen molar-refractivity contribution in [2.75, 3.05) is 0 Å². The molecule has 1 aliphatic rings. The van der Waals surface area contributed by atoms with Crippen molar-refractivity contribution in [3.8, 4) is 17.2 Å². The van der Waals surface area contributed by atoms with Crippen LogP contribution in [0.5, 0.6) is 0 Å². The maximum absolute atomic E-state index is 8.89. The molecule has 1 fully saturated rings. The predicted molar refractivity (Wildman–Crippen MR) is 101 cm³/mol. The fourth-order valence-corrected chi connectivity index (χ4v) is 3.82. The van der Waals surface area contributed by atoms with E-state index in [4.69, 9.17) is 5.26 Å². The molecule has 0 spiro atoms. The Bertz CT molecular complexity index is 695. The van der Waals surface area contributed by atoms with Crippen molar-refractivity contribution < 1.29 is 0 Å². The van der Waals surface area contributed by atoms with Crippen LogP contribution in [0.1, 0.15) is 55.6 Å². The smallest absolute Gasteiger partial charge is 0.0991 e. The van der Waals surface area contributed by atoms with E-state index in [1.165, 1.54) is 48.8 Å². The van der Waals surface area contributed by atoms with Gasteiger partial charge in [0.15, 0.2) is 0 Å². The van der Waals surface area contributed by atoms with E-state index in [9.17, 15) is 0 Å². The summed E-state index contributed by atoms with van der Waals surface area (Å²) in [4.78, 5) is 0. The first-order valence-electron chi connectivity index (χ1n) is 9.01. The Labute approximate surface area is 145 Å². The number of nitrogens with zero attached hydrogens (tertiary/aromatic N) is 1. The third kappa shape index (κ3) is 3.95. The van der Waals surface area contributed by atoms with E-state index in [0.717, 1.165) is 18.3 Å². The molecule has 1 aliphatic carbocycles. The van der Waals surface area contributed by atoms with Crippen molar-refractivity contribution in [3.05, 3.63) is 72.3 Å². The van der Waals surface area contributed by atoms with Crippen LogP contribution in [-0.2, 0) is 0 Å². The number of nitriles is 1.